The summed E-state index contributed by atoms with van der Waals surface area (Å²) in [6, 6.07) is 4.31. The standard InChI is InChI=1S/C16H25N5S/c1-6-17-16(18-9-14-8-7-11(2)22-14)19-10-15-12(3)20-21(5)13(15)4/h7-8H,6,9-10H2,1-5H3,(H2,17,18,19). The van der Waals surface area contributed by atoms with E-state index in [1.165, 1.54) is 21.0 Å². The Bertz CT molecular complexity index is 654. The molecule has 2 N–H and O–H groups in total. The van der Waals surface area contributed by atoms with Gasteiger partial charge in [0.1, 0.15) is 0 Å². The van der Waals surface area contributed by atoms with Crippen LogP contribution in [0.4, 0.5) is 0 Å². The lowest BCUT2D eigenvalue weighted by atomic mass is 10.2. The zero-order valence-corrected chi connectivity index (χ0v) is 14.8. The van der Waals surface area contributed by atoms with Crippen LogP contribution < -0.4 is 10.6 Å². The number of nitrogens with one attached hydrogen (secondary N) is 2. The molecule has 2 heterocycles. The topological polar surface area (TPSA) is 54.2 Å². The molecule has 22 heavy (non-hydrogen) atoms. The molecule has 0 radical (unpaired) electrons. The van der Waals surface area contributed by atoms with Crippen LogP contribution in [0.3, 0.4) is 0 Å². The van der Waals surface area contributed by atoms with E-state index in [0.717, 1.165) is 24.7 Å². The Morgan fingerprint density at radius 2 is 2.05 bits per heavy atom. The summed E-state index contributed by atoms with van der Waals surface area (Å²) in [6.45, 7) is 10.6. The van der Waals surface area contributed by atoms with Crippen LogP contribution in [-0.2, 0) is 20.1 Å². The van der Waals surface area contributed by atoms with Crippen molar-refractivity contribution in [1.29, 1.82) is 0 Å². The van der Waals surface area contributed by atoms with Crippen molar-refractivity contribution in [2.45, 2.75) is 40.8 Å². The minimum Gasteiger partial charge on any atom is -0.357 e. The lowest BCUT2D eigenvalue weighted by Gasteiger charge is -2.10. The molecular weight excluding hydrogens is 294 g/mol. The van der Waals surface area contributed by atoms with Crippen molar-refractivity contribution >= 4 is 17.3 Å². The van der Waals surface area contributed by atoms with Crippen molar-refractivity contribution in [2.24, 2.45) is 12.0 Å². The van der Waals surface area contributed by atoms with Gasteiger partial charge in [-0.2, -0.15) is 5.10 Å². The van der Waals surface area contributed by atoms with E-state index in [1.807, 2.05) is 30.0 Å². The zero-order valence-electron chi connectivity index (χ0n) is 14.0. The number of guanidine groups is 1. The summed E-state index contributed by atoms with van der Waals surface area (Å²) in [4.78, 5) is 7.34. The third kappa shape index (κ3) is 4.10. The lowest BCUT2D eigenvalue weighted by molar-refractivity contribution is 0.730. The van der Waals surface area contributed by atoms with Gasteiger partial charge in [-0.25, -0.2) is 4.99 Å². The highest BCUT2D eigenvalue weighted by molar-refractivity contribution is 7.11. The van der Waals surface area contributed by atoms with Crippen LogP contribution in [0.15, 0.2) is 17.1 Å². The molecule has 5 nitrogen and oxygen atoms in total. The maximum absolute atomic E-state index is 4.69. The van der Waals surface area contributed by atoms with E-state index < -0.39 is 0 Å². The number of aryl methyl sites for hydroxylation is 3. The number of aromatic nitrogens is 2. The van der Waals surface area contributed by atoms with Crippen LogP contribution in [0.2, 0.25) is 0 Å². The van der Waals surface area contributed by atoms with Crippen molar-refractivity contribution in [3.05, 3.63) is 38.8 Å². The van der Waals surface area contributed by atoms with Crippen LogP contribution in [0.5, 0.6) is 0 Å². The predicted molar refractivity (Wildman–Crippen MR) is 93.4 cm³/mol. The van der Waals surface area contributed by atoms with Gasteiger partial charge in [-0.15, -0.1) is 11.3 Å². The molecule has 0 fully saturated rings. The first-order chi connectivity index (χ1) is 10.5. The smallest absolute Gasteiger partial charge is 0.191 e. The normalized spacial score (nSPS) is 11.8. The largest absolute Gasteiger partial charge is 0.357 e. The maximum atomic E-state index is 4.69. The molecule has 6 heteroatoms. The van der Waals surface area contributed by atoms with Gasteiger partial charge in [0, 0.05) is 34.6 Å². The molecule has 0 saturated carbocycles. The second-order valence-electron chi connectivity index (χ2n) is 5.33. The van der Waals surface area contributed by atoms with Crippen LogP contribution >= 0.6 is 11.3 Å². The average Bonchev–Trinajstić information content (AvgIpc) is 2.99. The second-order valence-corrected chi connectivity index (χ2v) is 6.71. The number of hydrogen-bond donors (Lipinski definition) is 2. The van der Waals surface area contributed by atoms with E-state index in [4.69, 9.17) is 0 Å². The third-order valence-corrected chi connectivity index (χ3v) is 4.63. The number of rotatable bonds is 5. The van der Waals surface area contributed by atoms with Gasteiger partial charge in [-0.1, -0.05) is 0 Å². The lowest BCUT2D eigenvalue weighted by Crippen LogP contribution is -2.36. The van der Waals surface area contributed by atoms with Gasteiger partial charge in [0.25, 0.3) is 0 Å². The van der Waals surface area contributed by atoms with Crippen LogP contribution in [0, 0.1) is 20.8 Å². The number of aliphatic imine (C=N–C) groups is 1. The van der Waals surface area contributed by atoms with E-state index >= 15 is 0 Å². The van der Waals surface area contributed by atoms with Crippen molar-refractivity contribution in [3.63, 3.8) is 0 Å². The molecule has 0 aliphatic carbocycles. The van der Waals surface area contributed by atoms with Gasteiger partial charge in [0.15, 0.2) is 5.96 Å². The minimum atomic E-state index is 0.643. The summed E-state index contributed by atoms with van der Waals surface area (Å²) in [5.41, 5.74) is 3.42. The molecule has 0 aliphatic rings. The molecule has 2 aromatic rings. The second kappa shape index (κ2) is 7.45. The summed E-state index contributed by atoms with van der Waals surface area (Å²) < 4.78 is 1.91. The monoisotopic (exact) mass is 319 g/mol. The molecule has 0 amide bonds. The van der Waals surface area contributed by atoms with Crippen molar-refractivity contribution in [1.82, 2.24) is 20.4 Å². The first kappa shape index (κ1) is 16.5. The van der Waals surface area contributed by atoms with E-state index in [2.05, 4.69) is 53.6 Å². The Kier molecular flexibility index (Phi) is 5.60. The Morgan fingerprint density at radius 1 is 1.27 bits per heavy atom. The fraction of sp³-hybridized carbons (Fsp3) is 0.500. The van der Waals surface area contributed by atoms with E-state index in [-0.39, 0.29) is 0 Å². The van der Waals surface area contributed by atoms with Crippen molar-refractivity contribution < 1.29 is 0 Å². The molecule has 0 saturated heterocycles. The van der Waals surface area contributed by atoms with Gasteiger partial charge < -0.3 is 10.6 Å². The van der Waals surface area contributed by atoms with Crippen molar-refractivity contribution in [2.75, 3.05) is 6.54 Å². The molecule has 120 valence electrons. The van der Waals surface area contributed by atoms with E-state index in [9.17, 15) is 0 Å². The molecule has 0 aromatic carbocycles. The fourth-order valence-corrected chi connectivity index (χ4v) is 3.13. The summed E-state index contributed by atoms with van der Waals surface area (Å²) >= 11 is 1.81. The Hall–Kier alpha value is -1.82. The average molecular weight is 319 g/mol. The summed E-state index contributed by atoms with van der Waals surface area (Å²) in [6.07, 6.45) is 0. The Labute approximate surface area is 136 Å². The number of hydrogen-bond acceptors (Lipinski definition) is 3. The maximum Gasteiger partial charge on any atom is 0.191 e. The zero-order chi connectivity index (χ0) is 16.1. The number of thiophene rings is 1. The van der Waals surface area contributed by atoms with Crippen LogP contribution in [0.25, 0.3) is 0 Å². The van der Waals surface area contributed by atoms with Gasteiger partial charge in [0.05, 0.1) is 18.8 Å². The van der Waals surface area contributed by atoms with Crippen molar-refractivity contribution in [3.8, 4) is 0 Å². The highest BCUT2D eigenvalue weighted by Gasteiger charge is 2.09. The molecule has 0 aliphatic heterocycles. The quantitative estimate of drug-likeness (QED) is 0.658. The molecular formula is C16H25N5S. The summed E-state index contributed by atoms with van der Waals surface area (Å²) in [7, 11) is 1.97. The van der Waals surface area contributed by atoms with Crippen LogP contribution in [0.1, 0.15) is 33.6 Å². The minimum absolute atomic E-state index is 0.643. The fourth-order valence-electron chi connectivity index (χ4n) is 2.30. The first-order valence-corrected chi connectivity index (χ1v) is 8.39. The molecule has 0 atom stereocenters. The highest BCUT2D eigenvalue weighted by Crippen LogP contribution is 2.15. The molecule has 0 bridgehead atoms. The molecule has 2 rings (SSSR count). The predicted octanol–water partition coefficient (Wildman–Crippen LogP) is 2.66. The molecule has 0 spiro atoms. The van der Waals surface area contributed by atoms with E-state index in [1.54, 1.807) is 0 Å². The van der Waals surface area contributed by atoms with Crippen LogP contribution in [-0.4, -0.2) is 22.3 Å². The molecule has 2 aromatic heterocycles. The van der Waals surface area contributed by atoms with Gasteiger partial charge in [0.2, 0.25) is 0 Å². The number of nitrogens with zero attached hydrogens (tertiary/aromatic N) is 3. The van der Waals surface area contributed by atoms with Gasteiger partial charge in [-0.05, 0) is 39.8 Å². The summed E-state index contributed by atoms with van der Waals surface area (Å²) in [5, 5.41) is 11.1. The Balaban J connectivity index is 2.03. The SMILES string of the molecule is CCNC(=NCc1c(C)nn(C)c1C)NCc1ccc(C)s1. The first-order valence-electron chi connectivity index (χ1n) is 7.57. The highest BCUT2D eigenvalue weighted by atomic mass is 32.1. The van der Waals surface area contributed by atoms with Gasteiger partial charge >= 0.3 is 0 Å². The summed E-state index contributed by atoms with van der Waals surface area (Å²) in [5.74, 6) is 0.844. The van der Waals surface area contributed by atoms with Gasteiger partial charge in [-0.3, -0.25) is 4.68 Å². The molecule has 0 unspecified atom stereocenters. The van der Waals surface area contributed by atoms with E-state index in [0.29, 0.717) is 6.54 Å². The third-order valence-electron chi connectivity index (χ3n) is 3.62. The Morgan fingerprint density at radius 3 is 2.59 bits per heavy atom.